The van der Waals surface area contributed by atoms with Crippen LogP contribution in [-0.2, 0) is 29.4 Å². The van der Waals surface area contributed by atoms with E-state index in [2.05, 4.69) is 4.72 Å². The highest BCUT2D eigenvalue weighted by molar-refractivity contribution is 7.89. The van der Waals surface area contributed by atoms with Gasteiger partial charge in [0.05, 0.1) is 17.4 Å². The molecule has 1 aliphatic rings. The maximum atomic E-state index is 12.6. The van der Waals surface area contributed by atoms with Crippen LogP contribution in [0, 0.1) is 0 Å². The molecule has 3 aromatic rings. The first-order chi connectivity index (χ1) is 12.1. The monoisotopic (exact) mass is 373 g/mol. The van der Waals surface area contributed by atoms with Crippen molar-refractivity contribution in [1.29, 1.82) is 0 Å². The molecule has 6 heteroatoms. The lowest BCUT2D eigenvalue weighted by atomic mass is 9.92. The number of rotatable bonds is 5. The molecule has 2 aromatic heterocycles. The summed E-state index contributed by atoms with van der Waals surface area (Å²) in [6.45, 7) is 0.294. The number of thiophene rings is 1. The van der Waals surface area contributed by atoms with Crippen LogP contribution in [0.2, 0.25) is 0 Å². The van der Waals surface area contributed by atoms with Crippen LogP contribution < -0.4 is 4.72 Å². The van der Waals surface area contributed by atoms with Crippen molar-refractivity contribution < 1.29 is 12.8 Å². The molecule has 25 heavy (non-hydrogen) atoms. The molecule has 4 rings (SSSR count). The average Bonchev–Trinajstić information content (AvgIpc) is 3.31. The van der Waals surface area contributed by atoms with E-state index in [1.165, 1.54) is 28.9 Å². The van der Waals surface area contributed by atoms with Crippen molar-refractivity contribution in [3.05, 3.63) is 64.2 Å². The highest BCUT2D eigenvalue weighted by atomic mass is 32.2. The molecule has 0 saturated heterocycles. The quantitative estimate of drug-likeness (QED) is 0.723. The molecule has 0 radical (unpaired) electrons. The molecular weight excluding hydrogens is 354 g/mol. The van der Waals surface area contributed by atoms with E-state index >= 15 is 0 Å². The van der Waals surface area contributed by atoms with E-state index in [1.807, 2.05) is 29.6 Å². The van der Waals surface area contributed by atoms with Gasteiger partial charge in [-0.3, -0.25) is 0 Å². The molecular formula is C19H19NO3S2. The Morgan fingerprint density at radius 1 is 1.04 bits per heavy atom. The third kappa shape index (κ3) is 3.56. The highest BCUT2D eigenvalue weighted by Gasteiger charge is 2.18. The summed E-state index contributed by atoms with van der Waals surface area (Å²) in [5.74, 6) is 0. The molecule has 0 fully saturated rings. The Hall–Kier alpha value is -1.89. The average molecular weight is 373 g/mol. The van der Waals surface area contributed by atoms with Gasteiger partial charge in [-0.2, -0.15) is 0 Å². The second-order valence-electron chi connectivity index (χ2n) is 6.28. The fourth-order valence-electron chi connectivity index (χ4n) is 3.18. The fraction of sp³-hybridized carbons (Fsp3) is 0.263. The summed E-state index contributed by atoms with van der Waals surface area (Å²) >= 11 is 1.54. The Bertz CT molecular complexity index is 972. The van der Waals surface area contributed by atoms with Gasteiger partial charge in [0.25, 0.3) is 0 Å². The van der Waals surface area contributed by atoms with E-state index in [1.54, 1.807) is 18.6 Å². The highest BCUT2D eigenvalue weighted by Crippen LogP contribution is 2.27. The minimum Gasteiger partial charge on any atom is -0.472 e. The standard InChI is InChI=1S/C19H19NO3S2/c21-25(22,19-6-5-14-3-1-2-4-15(14)10-19)20-11-18-9-17(13-24-18)16-7-8-23-12-16/h5-10,12-13,20H,1-4,11H2. The van der Waals surface area contributed by atoms with Gasteiger partial charge < -0.3 is 4.42 Å². The molecule has 0 bridgehead atoms. The smallest absolute Gasteiger partial charge is 0.240 e. The van der Waals surface area contributed by atoms with Crippen LogP contribution in [0.15, 0.2) is 57.6 Å². The van der Waals surface area contributed by atoms with Crippen LogP contribution in [0.25, 0.3) is 11.1 Å². The summed E-state index contributed by atoms with van der Waals surface area (Å²) in [6.07, 6.45) is 7.66. The maximum absolute atomic E-state index is 12.6. The van der Waals surface area contributed by atoms with Crippen molar-refractivity contribution in [3.8, 4) is 11.1 Å². The van der Waals surface area contributed by atoms with Gasteiger partial charge in [-0.1, -0.05) is 6.07 Å². The van der Waals surface area contributed by atoms with E-state index in [-0.39, 0.29) is 0 Å². The number of nitrogens with one attached hydrogen (secondary N) is 1. The zero-order chi connectivity index (χ0) is 17.3. The van der Waals surface area contributed by atoms with E-state index in [0.717, 1.165) is 35.3 Å². The molecule has 0 amide bonds. The summed E-state index contributed by atoms with van der Waals surface area (Å²) in [6, 6.07) is 9.40. The van der Waals surface area contributed by atoms with Crippen molar-refractivity contribution in [2.45, 2.75) is 37.1 Å². The first kappa shape index (κ1) is 16.6. The molecule has 130 valence electrons. The molecule has 4 nitrogen and oxygen atoms in total. The molecule has 1 aliphatic carbocycles. The molecule has 1 N–H and O–H groups in total. The van der Waals surface area contributed by atoms with Crippen LogP contribution in [0.4, 0.5) is 0 Å². The number of benzene rings is 1. The Morgan fingerprint density at radius 3 is 2.68 bits per heavy atom. The van der Waals surface area contributed by atoms with Crippen molar-refractivity contribution in [2.24, 2.45) is 0 Å². The topological polar surface area (TPSA) is 59.3 Å². The first-order valence-corrected chi connectivity index (χ1v) is 10.7. The Labute approximate surface area is 151 Å². The van der Waals surface area contributed by atoms with Crippen LogP contribution in [-0.4, -0.2) is 8.42 Å². The second kappa shape index (κ2) is 6.78. The van der Waals surface area contributed by atoms with Crippen LogP contribution in [0.5, 0.6) is 0 Å². The van der Waals surface area contributed by atoms with Gasteiger partial charge in [0, 0.05) is 17.0 Å². The number of fused-ring (bicyclic) bond motifs is 1. The summed E-state index contributed by atoms with van der Waals surface area (Å²) < 4.78 is 33.0. The van der Waals surface area contributed by atoms with Gasteiger partial charge in [0.1, 0.15) is 0 Å². The van der Waals surface area contributed by atoms with Gasteiger partial charge in [0.2, 0.25) is 10.0 Å². The second-order valence-corrected chi connectivity index (χ2v) is 9.04. The molecule has 1 aromatic carbocycles. The van der Waals surface area contributed by atoms with Gasteiger partial charge in [-0.05, 0) is 72.0 Å². The summed E-state index contributed by atoms with van der Waals surface area (Å²) in [5.41, 5.74) is 4.50. The SMILES string of the molecule is O=S(=O)(NCc1cc(-c2ccoc2)cs1)c1ccc2c(c1)CCCC2. The molecule has 0 spiro atoms. The van der Waals surface area contributed by atoms with Crippen LogP contribution in [0.1, 0.15) is 28.8 Å². The van der Waals surface area contributed by atoms with Gasteiger partial charge in [-0.15, -0.1) is 11.3 Å². The number of sulfonamides is 1. The lowest BCUT2D eigenvalue weighted by Gasteiger charge is -2.16. The van der Waals surface area contributed by atoms with Crippen LogP contribution in [0.3, 0.4) is 0 Å². The Kier molecular flexibility index (Phi) is 4.50. The van der Waals surface area contributed by atoms with Gasteiger partial charge in [0.15, 0.2) is 0 Å². The molecule has 0 saturated carbocycles. The van der Waals surface area contributed by atoms with Gasteiger partial charge in [-0.25, -0.2) is 13.1 Å². The van der Waals surface area contributed by atoms with Crippen molar-refractivity contribution in [3.63, 3.8) is 0 Å². The molecule has 2 heterocycles. The molecule has 0 atom stereocenters. The third-order valence-electron chi connectivity index (χ3n) is 4.57. The third-order valence-corrected chi connectivity index (χ3v) is 6.91. The lowest BCUT2D eigenvalue weighted by molar-refractivity contribution is 0.568. The zero-order valence-electron chi connectivity index (χ0n) is 13.7. The maximum Gasteiger partial charge on any atom is 0.240 e. The van der Waals surface area contributed by atoms with Crippen molar-refractivity contribution >= 4 is 21.4 Å². The molecule has 0 unspecified atom stereocenters. The predicted octanol–water partition coefficient (Wildman–Crippen LogP) is 4.37. The summed E-state index contributed by atoms with van der Waals surface area (Å²) in [4.78, 5) is 1.33. The van der Waals surface area contributed by atoms with E-state index < -0.39 is 10.0 Å². The predicted molar refractivity (Wildman–Crippen MR) is 99.1 cm³/mol. The largest absolute Gasteiger partial charge is 0.472 e. The summed E-state index contributed by atoms with van der Waals surface area (Å²) in [7, 11) is -3.50. The van der Waals surface area contributed by atoms with E-state index in [9.17, 15) is 8.42 Å². The van der Waals surface area contributed by atoms with E-state index in [0.29, 0.717) is 11.4 Å². The fourth-order valence-corrected chi connectivity index (χ4v) is 5.16. The number of hydrogen-bond donors (Lipinski definition) is 1. The first-order valence-electron chi connectivity index (χ1n) is 8.33. The van der Waals surface area contributed by atoms with Crippen molar-refractivity contribution in [1.82, 2.24) is 4.72 Å². The summed E-state index contributed by atoms with van der Waals surface area (Å²) in [5, 5.41) is 2.01. The lowest BCUT2D eigenvalue weighted by Crippen LogP contribution is -2.23. The Balaban J connectivity index is 1.48. The number of hydrogen-bond acceptors (Lipinski definition) is 4. The normalized spacial score (nSPS) is 14.4. The number of aryl methyl sites for hydroxylation is 2. The molecule has 0 aliphatic heterocycles. The minimum absolute atomic E-state index is 0.294. The Morgan fingerprint density at radius 2 is 1.88 bits per heavy atom. The van der Waals surface area contributed by atoms with Crippen molar-refractivity contribution in [2.75, 3.05) is 0 Å². The van der Waals surface area contributed by atoms with Crippen LogP contribution >= 0.6 is 11.3 Å². The zero-order valence-corrected chi connectivity index (χ0v) is 15.3. The van der Waals surface area contributed by atoms with E-state index in [4.69, 9.17) is 4.42 Å². The number of furan rings is 1. The van der Waals surface area contributed by atoms with Gasteiger partial charge >= 0.3 is 0 Å². The minimum atomic E-state index is -3.50.